The van der Waals surface area contributed by atoms with Gasteiger partial charge in [0.2, 0.25) is 5.76 Å². The number of furan rings is 1. The molecule has 0 saturated carbocycles. The van der Waals surface area contributed by atoms with Gasteiger partial charge in [-0.25, -0.2) is 4.79 Å². The number of ether oxygens (including phenoxy) is 2. The third-order valence-corrected chi connectivity index (χ3v) is 3.57. The van der Waals surface area contributed by atoms with Crippen molar-refractivity contribution in [2.75, 3.05) is 27.4 Å². The summed E-state index contributed by atoms with van der Waals surface area (Å²) in [5, 5.41) is 0. The zero-order valence-corrected chi connectivity index (χ0v) is 13.9. The summed E-state index contributed by atoms with van der Waals surface area (Å²) in [6.07, 6.45) is 0. The fourth-order valence-electron chi connectivity index (χ4n) is 2.28. The lowest BCUT2D eigenvalue weighted by Gasteiger charge is -2.21. The summed E-state index contributed by atoms with van der Waals surface area (Å²) in [4.78, 5) is 13.7. The summed E-state index contributed by atoms with van der Waals surface area (Å²) in [5.74, 6) is 0.497. The quantitative estimate of drug-likeness (QED) is 0.701. The molecule has 124 valence electrons. The molecule has 0 aliphatic heterocycles. The van der Waals surface area contributed by atoms with E-state index in [1.165, 1.54) is 18.2 Å². The minimum absolute atomic E-state index is 0.226. The van der Waals surface area contributed by atoms with E-state index in [4.69, 9.17) is 9.15 Å². The first kappa shape index (κ1) is 17.2. The Morgan fingerprint density at radius 2 is 1.83 bits per heavy atom. The van der Waals surface area contributed by atoms with E-state index < -0.39 is 5.97 Å². The van der Waals surface area contributed by atoms with Gasteiger partial charge in [0.05, 0.1) is 20.3 Å². The highest BCUT2D eigenvalue weighted by Gasteiger charge is 2.14. The summed E-state index contributed by atoms with van der Waals surface area (Å²) in [7, 11) is 3.03. The van der Waals surface area contributed by atoms with Crippen molar-refractivity contribution in [2.45, 2.75) is 20.0 Å². The summed E-state index contributed by atoms with van der Waals surface area (Å²) in [6, 6.07) is 11.9. The van der Waals surface area contributed by atoms with Crippen molar-refractivity contribution in [3.63, 3.8) is 0 Å². The number of esters is 1. The summed E-state index contributed by atoms with van der Waals surface area (Å²) >= 11 is 0. The van der Waals surface area contributed by atoms with E-state index in [2.05, 4.69) is 40.8 Å². The SMILES string of the molecule is COCCN(Cc1ccc(C)cc1)Cc1ccc(C(=O)OC)o1. The van der Waals surface area contributed by atoms with E-state index in [0.717, 1.165) is 18.8 Å². The molecule has 0 saturated heterocycles. The number of rotatable bonds is 8. The van der Waals surface area contributed by atoms with Crippen molar-refractivity contribution >= 4 is 5.97 Å². The predicted octanol–water partition coefficient (Wildman–Crippen LogP) is 3.02. The van der Waals surface area contributed by atoms with Gasteiger partial charge in [-0.15, -0.1) is 0 Å². The van der Waals surface area contributed by atoms with Crippen molar-refractivity contribution < 1.29 is 18.7 Å². The Bertz CT molecular complexity index is 618. The molecule has 0 bridgehead atoms. The molecule has 23 heavy (non-hydrogen) atoms. The average molecular weight is 317 g/mol. The molecule has 0 fully saturated rings. The number of carbonyl (C=O) groups is 1. The van der Waals surface area contributed by atoms with Crippen LogP contribution in [0, 0.1) is 6.92 Å². The molecule has 0 N–H and O–H groups in total. The molecule has 1 aromatic carbocycles. The largest absolute Gasteiger partial charge is 0.463 e. The smallest absolute Gasteiger partial charge is 0.373 e. The third-order valence-electron chi connectivity index (χ3n) is 3.57. The minimum atomic E-state index is -0.460. The zero-order chi connectivity index (χ0) is 16.7. The first-order chi connectivity index (χ1) is 11.1. The van der Waals surface area contributed by atoms with E-state index in [1.807, 2.05) is 0 Å². The number of carbonyl (C=O) groups excluding carboxylic acids is 1. The molecule has 0 aliphatic rings. The fourth-order valence-corrected chi connectivity index (χ4v) is 2.28. The van der Waals surface area contributed by atoms with Crippen LogP contribution in [0.15, 0.2) is 40.8 Å². The molecule has 0 atom stereocenters. The predicted molar refractivity (Wildman–Crippen MR) is 87.2 cm³/mol. The van der Waals surface area contributed by atoms with Crippen molar-refractivity contribution in [1.29, 1.82) is 0 Å². The maximum absolute atomic E-state index is 11.5. The molecule has 0 spiro atoms. The monoisotopic (exact) mass is 317 g/mol. The van der Waals surface area contributed by atoms with Crippen LogP contribution >= 0.6 is 0 Å². The van der Waals surface area contributed by atoms with Crippen molar-refractivity contribution in [3.05, 3.63) is 59.0 Å². The zero-order valence-electron chi connectivity index (χ0n) is 13.9. The second-order valence-corrected chi connectivity index (χ2v) is 5.45. The number of methoxy groups -OCH3 is 2. The van der Waals surface area contributed by atoms with E-state index in [1.54, 1.807) is 19.2 Å². The Balaban J connectivity index is 2.04. The van der Waals surface area contributed by atoms with E-state index in [0.29, 0.717) is 13.2 Å². The second kappa shape index (κ2) is 8.50. The van der Waals surface area contributed by atoms with Crippen LogP contribution in [0.3, 0.4) is 0 Å². The lowest BCUT2D eigenvalue weighted by atomic mass is 10.1. The molecular formula is C18H23NO4. The number of aryl methyl sites for hydroxylation is 1. The Hall–Kier alpha value is -2.11. The van der Waals surface area contributed by atoms with E-state index in [9.17, 15) is 4.79 Å². The van der Waals surface area contributed by atoms with Gasteiger partial charge in [-0.3, -0.25) is 4.90 Å². The number of hydrogen-bond acceptors (Lipinski definition) is 5. The Morgan fingerprint density at radius 3 is 2.48 bits per heavy atom. The van der Waals surface area contributed by atoms with Crippen LogP contribution in [0.2, 0.25) is 0 Å². The van der Waals surface area contributed by atoms with Crippen LogP contribution < -0.4 is 0 Å². The fraction of sp³-hybridized carbons (Fsp3) is 0.389. The van der Waals surface area contributed by atoms with E-state index >= 15 is 0 Å². The molecular weight excluding hydrogens is 294 g/mol. The van der Waals surface area contributed by atoms with Crippen molar-refractivity contribution in [2.24, 2.45) is 0 Å². The number of nitrogens with zero attached hydrogens (tertiary/aromatic N) is 1. The maximum Gasteiger partial charge on any atom is 0.373 e. The normalized spacial score (nSPS) is 11.0. The Kier molecular flexibility index (Phi) is 6.38. The topological polar surface area (TPSA) is 51.9 Å². The second-order valence-electron chi connectivity index (χ2n) is 5.45. The van der Waals surface area contributed by atoms with Crippen LogP contribution in [-0.2, 0) is 22.6 Å². The maximum atomic E-state index is 11.5. The van der Waals surface area contributed by atoms with Crippen molar-refractivity contribution in [3.8, 4) is 0 Å². The lowest BCUT2D eigenvalue weighted by molar-refractivity contribution is 0.0560. The third kappa shape index (κ3) is 5.23. The molecule has 2 rings (SSSR count). The summed E-state index contributed by atoms with van der Waals surface area (Å²) in [6.45, 7) is 4.88. The Labute approximate surface area is 136 Å². The van der Waals surface area contributed by atoms with Gasteiger partial charge in [-0.1, -0.05) is 29.8 Å². The van der Waals surface area contributed by atoms with Gasteiger partial charge in [0.15, 0.2) is 0 Å². The van der Waals surface area contributed by atoms with Gasteiger partial charge in [0.25, 0.3) is 0 Å². The molecule has 0 aliphatic carbocycles. The van der Waals surface area contributed by atoms with Crippen molar-refractivity contribution in [1.82, 2.24) is 4.90 Å². The first-order valence-electron chi connectivity index (χ1n) is 7.56. The van der Waals surface area contributed by atoms with Crippen LogP contribution in [-0.4, -0.2) is 38.2 Å². The van der Waals surface area contributed by atoms with Crippen LogP contribution in [0.1, 0.15) is 27.4 Å². The molecule has 1 aromatic heterocycles. The van der Waals surface area contributed by atoms with Gasteiger partial charge in [0.1, 0.15) is 5.76 Å². The van der Waals surface area contributed by atoms with Gasteiger partial charge in [-0.05, 0) is 24.6 Å². The number of hydrogen-bond donors (Lipinski definition) is 0. The van der Waals surface area contributed by atoms with Gasteiger partial charge in [-0.2, -0.15) is 0 Å². The van der Waals surface area contributed by atoms with E-state index in [-0.39, 0.29) is 5.76 Å². The van der Waals surface area contributed by atoms with Crippen LogP contribution in [0.25, 0.3) is 0 Å². The number of benzene rings is 1. The molecule has 5 nitrogen and oxygen atoms in total. The van der Waals surface area contributed by atoms with Crippen LogP contribution in [0.5, 0.6) is 0 Å². The van der Waals surface area contributed by atoms with Gasteiger partial charge in [0, 0.05) is 20.2 Å². The highest BCUT2D eigenvalue weighted by atomic mass is 16.5. The molecule has 0 amide bonds. The average Bonchev–Trinajstić information content (AvgIpc) is 3.02. The standard InChI is InChI=1S/C18H23NO4/c1-14-4-6-15(7-5-14)12-19(10-11-21-2)13-16-8-9-17(23-16)18(20)22-3/h4-9H,10-13H2,1-3H3. The first-order valence-corrected chi connectivity index (χ1v) is 7.56. The van der Waals surface area contributed by atoms with Gasteiger partial charge < -0.3 is 13.9 Å². The highest BCUT2D eigenvalue weighted by molar-refractivity contribution is 5.86. The molecule has 0 unspecified atom stereocenters. The summed E-state index contributed by atoms with van der Waals surface area (Å²) < 4.78 is 15.4. The minimum Gasteiger partial charge on any atom is -0.463 e. The molecule has 2 aromatic rings. The molecule has 5 heteroatoms. The summed E-state index contributed by atoms with van der Waals surface area (Å²) in [5.41, 5.74) is 2.47. The van der Waals surface area contributed by atoms with Crippen LogP contribution in [0.4, 0.5) is 0 Å². The van der Waals surface area contributed by atoms with Gasteiger partial charge >= 0.3 is 5.97 Å². The Morgan fingerprint density at radius 1 is 1.09 bits per heavy atom. The highest BCUT2D eigenvalue weighted by Crippen LogP contribution is 2.14. The molecule has 0 radical (unpaired) electrons. The molecule has 1 heterocycles. The lowest BCUT2D eigenvalue weighted by Crippen LogP contribution is -2.26.